The fourth-order valence-electron chi connectivity index (χ4n) is 5.22. The lowest BCUT2D eigenvalue weighted by atomic mass is 10.1. The molecule has 3 aromatic heterocycles. The summed E-state index contributed by atoms with van der Waals surface area (Å²) < 4.78 is 26.2. The first-order chi connectivity index (χ1) is 21.4. The molecule has 0 aromatic carbocycles. The van der Waals surface area contributed by atoms with Crippen LogP contribution in [0.1, 0.15) is 55.1 Å². The van der Waals surface area contributed by atoms with Crippen molar-refractivity contribution in [2.24, 2.45) is 0 Å². The normalized spacial score (nSPS) is 24.4. The molecule has 2 unspecified atom stereocenters. The van der Waals surface area contributed by atoms with Crippen LogP contribution in [0.15, 0.2) is 37.8 Å². The number of aryl methyl sites for hydroxylation is 2. The van der Waals surface area contributed by atoms with E-state index in [2.05, 4.69) is 25.6 Å². The lowest BCUT2D eigenvalue weighted by Gasteiger charge is -2.18. The minimum absolute atomic E-state index is 0.0776. The monoisotopic (exact) mass is 632 g/mol. The number of rotatable bonds is 9. The van der Waals surface area contributed by atoms with Crippen LogP contribution in [0.4, 0.5) is 4.79 Å². The molecule has 45 heavy (non-hydrogen) atoms. The van der Waals surface area contributed by atoms with E-state index in [1.54, 1.807) is 13.1 Å². The molecule has 0 saturated carbocycles. The number of nitrogens with zero attached hydrogens (tertiary/aromatic N) is 5. The largest absolute Gasteiger partial charge is 0.459 e. The average Bonchev–Trinajstić information content (AvgIpc) is 3.73. The topological polar surface area (TPSA) is 244 Å². The molecule has 4 N–H and O–H groups in total. The molecule has 3 aromatic rings. The highest BCUT2D eigenvalue weighted by molar-refractivity contribution is 5.67. The van der Waals surface area contributed by atoms with Crippen LogP contribution in [-0.2, 0) is 30.3 Å². The van der Waals surface area contributed by atoms with Crippen molar-refractivity contribution in [3.8, 4) is 0 Å². The number of aromatic amines is 2. The van der Waals surface area contributed by atoms with Crippen molar-refractivity contribution in [3.05, 3.63) is 77.1 Å². The van der Waals surface area contributed by atoms with Gasteiger partial charge >= 0.3 is 23.4 Å². The second-order valence-electron chi connectivity index (χ2n) is 10.7. The fraction of sp³-hybridized carbons (Fsp3) is 0.538. The third-order valence-corrected chi connectivity index (χ3v) is 7.48. The van der Waals surface area contributed by atoms with Crippen molar-refractivity contribution in [2.45, 2.75) is 77.0 Å². The lowest BCUT2D eigenvalue weighted by Crippen LogP contribution is -2.34. The maximum absolute atomic E-state index is 12.5. The van der Waals surface area contributed by atoms with Gasteiger partial charge in [0.2, 0.25) is 0 Å². The molecule has 0 bridgehead atoms. The maximum Gasteiger partial charge on any atom is 0.407 e. The Kier molecular flexibility index (Phi) is 9.11. The predicted octanol–water partition coefficient (Wildman–Crippen LogP) is -1.74. The zero-order valence-corrected chi connectivity index (χ0v) is 24.5. The molecule has 2 saturated heterocycles. The number of ether oxygens (including phenoxy) is 4. The number of nitrogens with one attached hydrogen (secondary N) is 3. The number of carbonyl (C=O) groups excluding carboxylic acids is 2. The summed E-state index contributed by atoms with van der Waals surface area (Å²) in [5.74, 6) is -0.588. The number of amides is 1. The Hall–Kier alpha value is -4.88. The Morgan fingerprint density at radius 1 is 0.978 bits per heavy atom. The van der Waals surface area contributed by atoms with E-state index in [1.807, 2.05) is 0 Å². The summed E-state index contributed by atoms with van der Waals surface area (Å²) in [6.07, 6.45) is -0.322. The van der Waals surface area contributed by atoms with Crippen molar-refractivity contribution >= 4 is 12.1 Å². The number of hydrogen-bond donors (Lipinski definition) is 4. The molecule has 242 valence electrons. The van der Waals surface area contributed by atoms with E-state index < -0.39 is 71.4 Å². The molecule has 2 aliphatic heterocycles. The van der Waals surface area contributed by atoms with Crippen molar-refractivity contribution in [3.63, 3.8) is 0 Å². The molecular formula is C26H32N8O11. The molecule has 19 heteroatoms. The van der Waals surface area contributed by atoms with Gasteiger partial charge in [-0.05, 0) is 13.8 Å². The van der Waals surface area contributed by atoms with Gasteiger partial charge < -0.3 is 29.4 Å². The quantitative estimate of drug-likeness (QED) is 0.192. The average molecular weight is 633 g/mol. The number of H-pyrrole nitrogens is 2. The lowest BCUT2D eigenvalue weighted by molar-refractivity contribution is -0.150. The van der Waals surface area contributed by atoms with Gasteiger partial charge in [-0.15, -0.1) is 5.10 Å². The van der Waals surface area contributed by atoms with Gasteiger partial charge in [0.15, 0.2) is 0 Å². The van der Waals surface area contributed by atoms with E-state index in [-0.39, 0.29) is 38.2 Å². The Balaban J connectivity index is 1.17. The summed E-state index contributed by atoms with van der Waals surface area (Å²) >= 11 is 0. The van der Waals surface area contributed by atoms with E-state index in [0.717, 1.165) is 0 Å². The van der Waals surface area contributed by atoms with Gasteiger partial charge in [-0.25, -0.2) is 19.1 Å². The molecule has 6 atom stereocenters. The molecule has 1 amide bonds. The highest BCUT2D eigenvalue weighted by Crippen LogP contribution is 2.35. The fourth-order valence-corrected chi connectivity index (χ4v) is 5.22. The van der Waals surface area contributed by atoms with Gasteiger partial charge in [0.25, 0.3) is 11.1 Å². The summed E-state index contributed by atoms with van der Waals surface area (Å²) in [5.41, 5.74) is -1.42. The van der Waals surface area contributed by atoms with Crippen molar-refractivity contribution in [1.82, 2.24) is 39.4 Å². The summed E-state index contributed by atoms with van der Waals surface area (Å²) in [5, 5.41) is 20.5. The zero-order chi connectivity index (χ0) is 32.4. The first-order valence-electron chi connectivity index (χ1n) is 14.0. The smallest absolute Gasteiger partial charge is 0.407 e. The van der Waals surface area contributed by atoms with E-state index in [1.165, 1.54) is 40.1 Å². The number of aromatic nitrogens is 7. The molecular weight excluding hydrogens is 600 g/mol. The molecule has 2 aliphatic rings. The molecule has 0 aliphatic carbocycles. The minimum atomic E-state index is -0.894. The van der Waals surface area contributed by atoms with Crippen LogP contribution in [0.3, 0.4) is 0 Å². The van der Waals surface area contributed by atoms with E-state index in [9.17, 15) is 33.9 Å². The van der Waals surface area contributed by atoms with Gasteiger partial charge in [0, 0.05) is 43.3 Å². The number of carbonyl (C=O) groups is 2. The molecule has 2 fully saturated rings. The second-order valence-corrected chi connectivity index (χ2v) is 10.7. The van der Waals surface area contributed by atoms with Gasteiger partial charge in [-0.1, -0.05) is 5.21 Å². The number of esters is 1. The van der Waals surface area contributed by atoms with Gasteiger partial charge in [-0.3, -0.25) is 33.5 Å². The highest BCUT2D eigenvalue weighted by atomic mass is 16.6. The van der Waals surface area contributed by atoms with Gasteiger partial charge in [0.1, 0.15) is 43.1 Å². The van der Waals surface area contributed by atoms with Crippen molar-refractivity contribution < 1.29 is 33.6 Å². The standard InChI is InChI=1S/C26H32N8O11/c1-12-7-32(24(39)28-22(12)37)20-4-16(18(10-35)44-20)34-9-15(30-31-34)6-27-26(41)42-11-19-17(43-14(3)36)5-21(45-19)33-8-13(2)23(38)29-25(33)40/h7-9,16-21,35H,4-6,10-11H2,1-3H3,(H,27,41)(H,28,37,39)(H,29,38,40)/t16?,17?,18-,19-,20-,21-/m1/s1. The van der Waals surface area contributed by atoms with E-state index in [4.69, 9.17) is 18.9 Å². The van der Waals surface area contributed by atoms with Crippen LogP contribution in [0.2, 0.25) is 0 Å². The Morgan fingerprint density at radius 2 is 1.58 bits per heavy atom. The number of aliphatic hydroxyl groups is 1. The Bertz CT molecular complexity index is 1810. The maximum atomic E-state index is 12.5. The summed E-state index contributed by atoms with van der Waals surface area (Å²) in [7, 11) is 0. The minimum Gasteiger partial charge on any atom is -0.459 e. The number of aliphatic hydroxyl groups excluding tert-OH is 1. The SMILES string of the molecule is CC(=O)OC1C[C@H](n2cc(C)c(=O)[nH]c2=O)O[C@@H]1COC(=O)NCc1cn(C2C[C@H](n3cc(C)c(=O)[nH]c3=O)O[C@@H]2CO)nn1. The first kappa shape index (κ1) is 31.5. The van der Waals surface area contributed by atoms with Crippen LogP contribution < -0.4 is 27.8 Å². The number of alkyl carbamates (subject to hydrolysis) is 1. The third-order valence-electron chi connectivity index (χ3n) is 7.48. The molecule has 19 nitrogen and oxygen atoms in total. The van der Waals surface area contributed by atoms with Crippen LogP contribution in [0.25, 0.3) is 0 Å². The predicted molar refractivity (Wildman–Crippen MR) is 149 cm³/mol. The van der Waals surface area contributed by atoms with Gasteiger partial charge in [-0.2, -0.15) is 0 Å². The van der Waals surface area contributed by atoms with Crippen LogP contribution in [0, 0.1) is 13.8 Å². The van der Waals surface area contributed by atoms with Crippen LogP contribution in [0.5, 0.6) is 0 Å². The molecule has 0 radical (unpaired) electrons. The summed E-state index contributed by atoms with van der Waals surface area (Å²) in [4.78, 5) is 76.6. The Labute approximate surface area is 252 Å². The van der Waals surface area contributed by atoms with Crippen molar-refractivity contribution in [1.29, 1.82) is 0 Å². The van der Waals surface area contributed by atoms with E-state index in [0.29, 0.717) is 11.3 Å². The summed E-state index contributed by atoms with van der Waals surface area (Å²) in [6.45, 7) is 3.54. The molecule has 0 spiro atoms. The first-order valence-corrected chi connectivity index (χ1v) is 14.0. The van der Waals surface area contributed by atoms with Crippen LogP contribution in [-0.4, -0.2) is 82.8 Å². The second kappa shape index (κ2) is 13.0. The number of hydrogen-bond acceptors (Lipinski definition) is 13. The Morgan fingerprint density at radius 3 is 2.18 bits per heavy atom. The third kappa shape index (κ3) is 6.94. The van der Waals surface area contributed by atoms with Gasteiger partial charge in [0.05, 0.1) is 25.4 Å². The van der Waals surface area contributed by atoms with Crippen LogP contribution >= 0.6 is 0 Å². The highest BCUT2D eigenvalue weighted by Gasteiger charge is 2.40. The molecule has 5 heterocycles. The van der Waals surface area contributed by atoms with Crippen molar-refractivity contribution in [2.75, 3.05) is 13.2 Å². The zero-order valence-electron chi connectivity index (χ0n) is 24.5. The molecule has 5 rings (SSSR count). The summed E-state index contributed by atoms with van der Waals surface area (Å²) in [6, 6.07) is -0.503. The van der Waals surface area contributed by atoms with E-state index >= 15 is 0 Å².